The van der Waals surface area contributed by atoms with Gasteiger partial charge in [-0.05, 0) is 12.1 Å². The van der Waals surface area contributed by atoms with E-state index in [1.165, 1.54) is 16.9 Å². The third-order valence-corrected chi connectivity index (χ3v) is 5.40. The fourth-order valence-electron chi connectivity index (χ4n) is 1.46. The van der Waals surface area contributed by atoms with E-state index in [0.29, 0.717) is 0 Å². The molecule has 0 saturated heterocycles. The zero-order valence-corrected chi connectivity index (χ0v) is 13.4. The van der Waals surface area contributed by atoms with Crippen LogP contribution in [0.1, 0.15) is 18.9 Å². The van der Waals surface area contributed by atoms with Crippen molar-refractivity contribution in [3.63, 3.8) is 0 Å². The topological polar surface area (TPSA) is 17.1 Å². The summed E-state index contributed by atoms with van der Waals surface area (Å²) in [6.07, 6.45) is 0.764. The molecule has 3 heteroatoms. The largest absolute Gasteiger partial charge is 0.288 e. The average Bonchev–Trinajstić information content (AvgIpc) is 2.27. The van der Waals surface area contributed by atoms with Crippen molar-refractivity contribution in [2.75, 3.05) is 5.75 Å². The molecule has 1 aromatic carbocycles. The lowest BCUT2D eigenvalue weighted by atomic mass is 10.2. The van der Waals surface area contributed by atoms with Gasteiger partial charge >= 0.3 is 0 Å². The minimum atomic E-state index is -1.20. The summed E-state index contributed by atoms with van der Waals surface area (Å²) >= 11 is 1.34. The van der Waals surface area contributed by atoms with E-state index in [-0.39, 0.29) is 5.12 Å². The number of hydrogen-bond acceptors (Lipinski definition) is 2. The Hall–Kier alpha value is -0.983. The van der Waals surface area contributed by atoms with Crippen molar-refractivity contribution >= 4 is 30.1 Å². The molecule has 0 saturated carbocycles. The molecular weight excluding hydrogens is 256 g/mol. The molecule has 0 unspecified atom stereocenters. The van der Waals surface area contributed by atoms with Gasteiger partial charge in [-0.1, -0.05) is 60.6 Å². The summed E-state index contributed by atoms with van der Waals surface area (Å²) in [6, 6.07) is 8.58. The highest BCUT2D eigenvalue weighted by molar-refractivity contribution is 8.13. The molecule has 0 atom stereocenters. The lowest BCUT2D eigenvalue weighted by molar-refractivity contribution is -0.109. The van der Waals surface area contributed by atoms with Crippen molar-refractivity contribution in [1.29, 1.82) is 0 Å². The highest BCUT2D eigenvalue weighted by atomic mass is 32.2. The van der Waals surface area contributed by atoms with E-state index >= 15 is 0 Å². The van der Waals surface area contributed by atoms with Crippen LogP contribution in [0.25, 0.3) is 0 Å². The number of rotatable bonds is 3. The average molecular weight is 276 g/mol. The maximum Gasteiger partial charge on any atom is 0.185 e. The fraction of sp³-hybridized carbons (Fsp3) is 0.400. The summed E-state index contributed by atoms with van der Waals surface area (Å²) in [6.45, 7) is 8.61. The van der Waals surface area contributed by atoms with Crippen molar-refractivity contribution in [2.24, 2.45) is 0 Å². The first kappa shape index (κ1) is 15.1. The Kier molecular flexibility index (Phi) is 5.71. The van der Waals surface area contributed by atoms with Crippen molar-refractivity contribution in [3.05, 3.63) is 29.8 Å². The Morgan fingerprint density at radius 3 is 2.33 bits per heavy atom. The van der Waals surface area contributed by atoms with Gasteiger partial charge in [0, 0.05) is 24.7 Å². The van der Waals surface area contributed by atoms with E-state index in [0.717, 1.165) is 17.7 Å². The van der Waals surface area contributed by atoms with Crippen LogP contribution in [0.2, 0.25) is 19.6 Å². The summed E-state index contributed by atoms with van der Waals surface area (Å²) in [7, 11) is -1.20. The minimum Gasteiger partial charge on any atom is -0.288 e. The van der Waals surface area contributed by atoms with Crippen LogP contribution >= 0.6 is 11.8 Å². The number of thioether (sulfide) groups is 1. The van der Waals surface area contributed by atoms with Crippen LogP contribution < -0.4 is 5.19 Å². The molecule has 0 spiro atoms. The van der Waals surface area contributed by atoms with Crippen LogP contribution in [0.4, 0.5) is 0 Å². The van der Waals surface area contributed by atoms with Crippen molar-refractivity contribution < 1.29 is 4.79 Å². The molecule has 0 aliphatic heterocycles. The second-order valence-corrected chi connectivity index (χ2v) is 11.6. The van der Waals surface area contributed by atoms with Crippen LogP contribution in [0, 0.1) is 11.8 Å². The molecular formula is C15H20OSSi. The van der Waals surface area contributed by atoms with E-state index in [1.54, 1.807) is 6.92 Å². The van der Waals surface area contributed by atoms with Gasteiger partial charge in [0.2, 0.25) is 0 Å². The molecule has 1 aromatic rings. The standard InChI is InChI=1S/C15H20OSSi/c1-13(16)17-12-6-5-7-14-8-10-15(11-9-14)18(2,3)4/h8-11H,6,12H2,1-4H3. The SMILES string of the molecule is CC(=O)SCCC#Cc1ccc([Si](C)(C)C)cc1. The Morgan fingerprint density at radius 2 is 1.83 bits per heavy atom. The molecule has 0 aliphatic carbocycles. The van der Waals surface area contributed by atoms with Crippen molar-refractivity contribution in [3.8, 4) is 11.8 Å². The molecule has 18 heavy (non-hydrogen) atoms. The molecule has 0 radical (unpaired) electrons. The predicted octanol–water partition coefficient (Wildman–Crippen LogP) is 3.25. The minimum absolute atomic E-state index is 0.163. The number of benzene rings is 1. The highest BCUT2D eigenvalue weighted by Gasteiger charge is 2.15. The molecule has 1 nitrogen and oxygen atoms in total. The lowest BCUT2D eigenvalue weighted by Crippen LogP contribution is -2.37. The summed E-state index contributed by atoms with van der Waals surface area (Å²) in [5, 5.41) is 1.62. The molecule has 1 rings (SSSR count). The van der Waals surface area contributed by atoms with Crippen LogP contribution in [0.3, 0.4) is 0 Å². The molecule has 0 heterocycles. The van der Waals surface area contributed by atoms with Gasteiger partial charge in [-0.3, -0.25) is 4.79 Å². The Balaban J connectivity index is 2.54. The van der Waals surface area contributed by atoms with Crippen LogP contribution in [0.15, 0.2) is 24.3 Å². The Bertz CT molecular complexity index is 460. The van der Waals surface area contributed by atoms with Gasteiger partial charge in [-0.2, -0.15) is 0 Å². The molecule has 96 valence electrons. The van der Waals surface area contributed by atoms with Crippen LogP contribution in [0.5, 0.6) is 0 Å². The van der Waals surface area contributed by atoms with Crippen LogP contribution in [-0.4, -0.2) is 18.9 Å². The quantitative estimate of drug-likeness (QED) is 0.479. The molecule has 0 fully saturated rings. The first-order chi connectivity index (χ1) is 8.39. The van der Waals surface area contributed by atoms with Gasteiger partial charge < -0.3 is 0 Å². The second kappa shape index (κ2) is 6.82. The summed E-state index contributed by atoms with van der Waals surface area (Å²) < 4.78 is 0. The third-order valence-electron chi connectivity index (χ3n) is 2.52. The molecule has 0 bridgehead atoms. The maximum atomic E-state index is 10.7. The van der Waals surface area contributed by atoms with E-state index in [4.69, 9.17) is 0 Å². The normalized spacial score (nSPS) is 10.7. The third kappa shape index (κ3) is 5.57. The fourth-order valence-corrected chi connectivity index (χ4v) is 3.12. The lowest BCUT2D eigenvalue weighted by Gasteiger charge is -2.15. The summed E-state index contributed by atoms with van der Waals surface area (Å²) in [5.74, 6) is 7.03. The van der Waals surface area contributed by atoms with E-state index in [2.05, 4.69) is 55.7 Å². The Labute approximate surface area is 115 Å². The van der Waals surface area contributed by atoms with Gasteiger partial charge in [-0.15, -0.1) is 0 Å². The van der Waals surface area contributed by atoms with E-state index in [9.17, 15) is 4.79 Å². The summed E-state index contributed by atoms with van der Waals surface area (Å²) in [4.78, 5) is 10.7. The molecule has 0 aromatic heterocycles. The molecule has 0 N–H and O–H groups in total. The zero-order valence-electron chi connectivity index (χ0n) is 11.5. The predicted molar refractivity (Wildman–Crippen MR) is 84.1 cm³/mol. The van der Waals surface area contributed by atoms with E-state index < -0.39 is 8.07 Å². The molecule has 0 aliphatic rings. The van der Waals surface area contributed by atoms with Gasteiger partial charge in [0.15, 0.2) is 5.12 Å². The summed E-state index contributed by atoms with van der Waals surface area (Å²) in [5.41, 5.74) is 1.06. The van der Waals surface area contributed by atoms with Gasteiger partial charge in [0.05, 0.1) is 8.07 Å². The second-order valence-electron chi connectivity index (χ2n) is 5.22. The number of carbonyl (C=O) groups is 1. The number of carbonyl (C=O) groups excluding carboxylic acids is 1. The van der Waals surface area contributed by atoms with Crippen LogP contribution in [-0.2, 0) is 4.79 Å². The van der Waals surface area contributed by atoms with E-state index in [1.807, 2.05) is 0 Å². The smallest absolute Gasteiger partial charge is 0.185 e. The van der Waals surface area contributed by atoms with Crippen molar-refractivity contribution in [2.45, 2.75) is 33.0 Å². The first-order valence-corrected chi connectivity index (χ1v) is 10.6. The Morgan fingerprint density at radius 1 is 1.22 bits per heavy atom. The van der Waals surface area contributed by atoms with Crippen molar-refractivity contribution in [1.82, 2.24) is 0 Å². The van der Waals surface area contributed by atoms with Gasteiger partial charge in [-0.25, -0.2) is 0 Å². The maximum absolute atomic E-state index is 10.7. The number of hydrogen-bond donors (Lipinski definition) is 0. The highest BCUT2D eigenvalue weighted by Crippen LogP contribution is 2.05. The first-order valence-electron chi connectivity index (χ1n) is 6.12. The molecule has 0 amide bonds. The van der Waals surface area contributed by atoms with Gasteiger partial charge in [0.25, 0.3) is 0 Å². The monoisotopic (exact) mass is 276 g/mol. The zero-order chi connectivity index (χ0) is 13.6. The van der Waals surface area contributed by atoms with Gasteiger partial charge in [0.1, 0.15) is 0 Å².